The lowest BCUT2D eigenvalue weighted by Crippen LogP contribution is -2.25. The zero-order valence-electron chi connectivity index (χ0n) is 10.5. The summed E-state index contributed by atoms with van der Waals surface area (Å²) in [6.45, 7) is 0. The maximum atomic E-state index is 12.1. The fourth-order valence-electron chi connectivity index (χ4n) is 2.00. The van der Waals surface area contributed by atoms with Crippen LogP contribution in [-0.4, -0.2) is 31.5 Å². The molecular weight excluding hydrogens is 286 g/mol. The zero-order valence-corrected chi connectivity index (χ0v) is 10.5. The van der Waals surface area contributed by atoms with Crippen LogP contribution in [0.2, 0.25) is 0 Å². The number of carbonyl (C=O) groups is 2. The van der Waals surface area contributed by atoms with Crippen LogP contribution in [0.3, 0.4) is 0 Å². The highest BCUT2D eigenvalue weighted by atomic mass is 16.2. The Bertz CT molecular complexity index is 1000. The summed E-state index contributed by atoms with van der Waals surface area (Å²) in [6, 6.07) is 5.02. The standard InChI is InChI=1S/C13HN7O2/c14-1-6-9-11(20-8(3-16)18-6)10-5(12(21)13(9)22)4-17-7(2-15)19-10/h4H. The van der Waals surface area contributed by atoms with E-state index in [0.717, 1.165) is 6.20 Å². The van der Waals surface area contributed by atoms with Crippen LogP contribution in [0.4, 0.5) is 0 Å². The molecule has 2 aromatic rings. The van der Waals surface area contributed by atoms with Gasteiger partial charge in [0.25, 0.3) is 0 Å². The van der Waals surface area contributed by atoms with E-state index in [-0.39, 0.29) is 39.9 Å². The average molecular weight is 287 g/mol. The van der Waals surface area contributed by atoms with Crippen molar-refractivity contribution >= 4 is 11.6 Å². The number of nitrogens with zero attached hydrogens (tertiary/aromatic N) is 7. The summed E-state index contributed by atoms with van der Waals surface area (Å²) in [7, 11) is 0. The SMILES string of the molecule is N#Cc1ncc2c(n1)-c1nc(C#N)nc(C#N)c1C(=O)C2=O. The second kappa shape index (κ2) is 4.51. The third-order valence-corrected chi connectivity index (χ3v) is 2.91. The number of Topliss-reactive ketones (excluding diaryl/α,β-unsaturated/α-hetero) is 2. The molecule has 0 saturated heterocycles. The third kappa shape index (κ3) is 1.62. The van der Waals surface area contributed by atoms with Crippen molar-refractivity contribution in [2.24, 2.45) is 0 Å². The quantitative estimate of drug-likeness (QED) is 0.604. The molecule has 0 N–H and O–H groups in total. The monoisotopic (exact) mass is 287 g/mol. The minimum absolute atomic E-state index is 0.0680. The van der Waals surface area contributed by atoms with Gasteiger partial charge in [0.2, 0.25) is 23.2 Å². The number of ketones is 2. The topological polar surface area (TPSA) is 157 Å². The summed E-state index contributed by atoms with van der Waals surface area (Å²) in [4.78, 5) is 39.1. The first-order chi connectivity index (χ1) is 10.6. The van der Waals surface area contributed by atoms with Crippen molar-refractivity contribution in [1.82, 2.24) is 19.9 Å². The van der Waals surface area contributed by atoms with Crippen LogP contribution in [0, 0.1) is 34.0 Å². The fourth-order valence-corrected chi connectivity index (χ4v) is 2.00. The van der Waals surface area contributed by atoms with Crippen LogP contribution in [0.25, 0.3) is 11.4 Å². The molecule has 0 bridgehead atoms. The van der Waals surface area contributed by atoms with Crippen molar-refractivity contribution in [3.05, 3.63) is 34.7 Å². The number of nitriles is 3. The van der Waals surface area contributed by atoms with Gasteiger partial charge in [-0.25, -0.2) is 19.9 Å². The van der Waals surface area contributed by atoms with E-state index in [1.54, 1.807) is 18.2 Å². The molecule has 0 saturated carbocycles. The second-order valence-electron chi connectivity index (χ2n) is 4.07. The van der Waals surface area contributed by atoms with Crippen LogP contribution in [0.5, 0.6) is 0 Å². The first-order valence-electron chi connectivity index (χ1n) is 5.69. The molecule has 3 rings (SSSR count). The number of hydrogen-bond donors (Lipinski definition) is 0. The van der Waals surface area contributed by atoms with Gasteiger partial charge in [-0.2, -0.15) is 15.8 Å². The fraction of sp³-hybridized carbons (Fsp3) is 0. The molecule has 0 fully saturated rings. The Labute approximate surface area is 122 Å². The lowest BCUT2D eigenvalue weighted by Gasteiger charge is -2.15. The van der Waals surface area contributed by atoms with E-state index in [1.807, 2.05) is 0 Å². The van der Waals surface area contributed by atoms with Gasteiger partial charge >= 0.3 is 0 Å². The molecule has 9 heteroatoms. The molecule has 0 radical (unpaired) electrons. The first-order valence-corrected chi connectivity index (χ1v) is 5.69. The van der Waals surface area contributed by atoms with Crippen molar-refractivity contribution in [1.29, 1.82) is 15.8 Å². The van der Waals surface area contributed by atoms with Gasteiger partial charge in [0, 0.05) is 6.20 Å². The normalized spacial score (nSPS) is 11.7. The van der Waals surface area contributed by atoms with Crippen molar-refractivity contribution in [3.8, 4) is 29.6 Å². The van der Waals surface area contributed by atoms with Gasteiger partial charge in [-0.3, -0.25) is 9.59 Å². The van der Waals surface area contributed by atoms with E-state index in [9.17, 15) is 9.59 Å². The van der Waals surface area contributed by atoms with Gasteiger partial charge in [-0.05, 0) is 0 Å². The number of hydrogen-bond acceptors (Lipinski definition) is 9. The van der Waals surface area contributed by atoms with Crippen LogP contribution in [-0.2, 0) is 0 Å². The number of rotatable bonds is 0. The molecule has 2 aromatic heterocycles. The predicted molar refractivity (Wildman–Crippen MR) is 65.9 cm³/mol. The molecule has 0 atom stereocenters. The Hall–Kier alpha value is -4.03. The molecule has 22 heavy (non-hydrogen) atoms. The molecule has 0 spiro atoms. The van der Waals surface area contributed by atoms with Gasteiger partial charge in [-0.15, -0.1) is 0 Å². The molecule has 1 aliphatic rings. The number of fused-ring (bicyclic) bond motifs is 3. The van der Waals surface area contributed by atoms with Gasteiger partial charge < -0.3 is 0 Å². The molecule has 0 unspecified atom stereocenters. The molecule has 0 amide bonds. The minimum Gasteiger partial charge on any atom is -0.285 e. The molecule has 0 aromatic carbocycles. The van der Waals surface area contributed by atoms with Gasteiger partial charge in [0.15, 0.2) is 5.69 Å². The highest BCUT2D eigenvalue weighted by Crippen LogP contribution is 2.31. The van der Waals surface area contributed by atoms with Crippen molar-refractivity contribution < 1.29 is 9.59 Å². The molecular formula is C13HN7O2. The summed E-state index contributed by atoms with van der Waals surface area (Å²) < 4.78 is 0. The van der Waals surface area contributed by atoms with E-state index >= 15 is 0 Å². The highest BCUT2D eigenvalue weighted by Gasteiger charge is 2.36. The number of carbonyl (C=O) groups excluding carboxylic acids is 2. The van der Waals surface area contributed by atoms with Crippen molar-refractivity contribution in [3.63, 3.8) is 0 Å². The average Bonchev–Trinajstić information content (AvgIpc) is 2.57. The second-order valence-corrected chi connectivity index (χ2v) is 4.07. The van der Waals surface area contributed by atoms with Gasteiger partial charge in [-0.1, -0.05) is 0 Å². The summed E-state index contributed by atoms with van der Waals surface area (Å²) in [5, 5.41) is 26.8. The first kappa shape index (κ1) is 13.0. The smallest absolute Gasteiger partial charge is 0.238 e. The van der Waals surface area contributed by atoms with Crippen LogP contribution in [0.15, 0.2) is 6.20 Å². The Morgan fingerprint density at radius 3 is 2.14 bits per heavy atom. The minimum atomic E-state index is -0.975. The lowest BCUT2D eigenvalue weighted by molar-refractivity contribution is 0.0814. The van der Waals surface area contributed by atoms with Crippen LogP contribution in [0.1, 0.15) is 38.1 Å². The third-order valence-electron chi connectivity index (χ3n) is 2.91. The highest BCUT2D eigenvalue weighted by molar-refractivity contribution is 6.52. The molecule has 2 heterocycles. The van der Waals surface area contributed by atoms with E-state index in [1.165, 1.54) is 0 Å². The molecule has 100 valence electrons. The summed E-state index contributed by atoms with van der Waals surface area (Å²) in [5.74, 6) is -2.48. The molecule has 0 aliphatic heterocycles. The van der Waals surface area contributed by atoms with Crippen LogP contribution >= 0.6 is 0 Å². The zero-order chi connectivity index (χ0) is 15.9. The van der Waals surface area contributed by atoms with E-state index in [0.29, 0.717) is 0 Å². The number of aromatic nitrogens is 4. The van der Waals surface area contributed by atoms with Crippen LogP contribution < -0.4 is 0 Å². The molecule has 1 aliphatic carbocycles. The van der Waals surface area contributed by atoms with E-state index in [4.69, 9.17) is 15.8 Å². The Morgan fingerprint density at radius 1 is 0.818 bits per heavy atom. The van der Waals surface area contributed by atoms with E-state index < -0.39 is 11.6 Å². The maximum Gasteiger partial charge on any atom is 0.238 e. The summed E-state index contributed by atoms with van der Waals surface area (Å²) in [5.41, 5.74) is -1.03. The van der Waals surface area contributed by atoms with Crippen molar-refractivity contribution in [2.45, 2.75) is 0 Å². The largest absolute Gasteiger partial charge is 0.285 e. The molecule has 9 nitrogen and oxygen atoms in total. The van der Waals surface area contributed by atoms with Gasteiger partial charge in [0.1, 0.15) is 29.6 Å². The summed E-state index contributed by atoms with van der Waals surface area (Å²) in [6.07, 6.45) is 1.05. The van der Waals surface area contributed by atoms with Gasteiger partial charge in [0.05, 0.1) is 11.1 Å². The Balaban J connectivity index is 2.48. The van der Waals surface area contributed by atoms with E-state index in [2.05, 4.69) is 19.9 Å². The lowest BCUT2D eigenvalue weighted by atomic mass is 9.90. The van der Waals surface area contributed by atoms with Crippen molar-refractivity contribution in [2.75, 3.05) is 0 Å². The predicted octanol–water partition coefficient (Wildman–Crippen LogP) is -0.0724. The Morgan fingerprint density at radius 2 is 1.50 bits per heavy atom. The Kier molecular flexibility index (Phi) is 2.66. The maximum absolute atomic E-state index is 12.1. The summed E-state index contributed by atoms with van der Waals surface area (Å²) >= 11 is 0.